The Morgan fingerprint density at radius 1 is 1.11 bits per heavy atom. The highest BCUT2D eigenvalue weighted by Crippen LogP contribution is 2.34. The third-order valence-electron chi connectivity index (χ3n) is 6.96. The van der Waals surface area contributed by atoms with Crippen LogP contribution in [0.5, 0.6) is 5.75 Å². The molecule has 0 aromatic heterocycles. The highest BCUT2D eigenvalue weighted by Gasteiger charge is 2.37. The van der Waals surface area contributed by atoms with Crippen molar-refractivity contribution in [3.05, 3.63) is 71.8 Å². The molecule has 37 heavy (non-hydrogen) atoms. The van der Waals surface area contributed by atoms with Gasteiger partial charge in [-0.15, -0.1) is 19.8 Å². The fourth-order valence-corrected chi connectivity index (χ4v) is 6.99. The molecule has 11 heteroatoms. The highest BCUT2D eigenvalue weighted by molar-refractivity contribution is 7.92. The number of alkyl halides is 3. The minimum absolute atomic E-state index is 0.180. The van der Waals surface area contributed by atoms with Crippen molar-refractivity contribution >= 4 is 15.8 Å². The molecule has 1 aliphatic heterocycles. The Bertz CT molecular complexity index is 1240. The van der Waals surface area contributed by atoms with Crippen LogP contribution in [0.15, 0.2) is 60.0 Å². The molecular formula is C26H29F3N2O5S. The van der Waals surface area contributed by atoms with Crippen LogP contribution in [-0.2, 0) is 33.9 Å². The molecule has 2 atom stereocenters. The van der Waals surface area contributed by atoms with Gasteiger partial charge < -0.3 is 14.7 Å². The van der Waals surface area contributed by atoms with Crippen LogP contribution >= 0.6 is 0 Å². The van der Waals surface area contributed by atoms with Gasteiger partial charge in [-0.1, -0.05) is 30.3 Å². The zero-order chi connectivity index (χ0) is 26.8. The van der Waals surface area contributed by atoms with E-state index in [9.17, 15) is 31.5 Å². The molecular weight excluding hydrogens is 509 g/mol. The number of nitrogens with zero attached hydrogens (tertiary/aromatic N) is 2. The second-order valence-electron chi connectivity index (χ2n) is 9.33. The number of piperazine rings is 1. The lowest BCUT2D eigenvalue weighted by molar-refractivity contribution is -0.274. The molecule has 0 bridgehead atoms. The molecule has 4 rings (SSSR count). The number of ether oxygens (including phenoxy) is 1. The van der Waals surface area contributed by atoms with E-state index in [1.54, 1.807) is 30.3 Å². The molecule has 1 saturated heterocycles. The van der Waals surface area contributed by atoms with Crippen molar-refractivity contribution in [2.45, 2.75) is 35.9 Å². The van der Waals surface area contributed by atoms with E-state index < -0.39 is 33.5 Å². The Labute approximate surface area is 214 Å². The third kappa shape index (κ3) is 6.34. The minimum atomic E-state index is -4.72. The van der Waals surface area contributed by atoms with Crippen LogP contribution in [-0.4, -0.2) is 73.8 Å². The number of benzene rings is 2. The van der Waals surface area contributed by atoms with Crippen molar-refractivity contribution in [3.63, 3.8) is 0 Å². The van der Waals surface area contributed by atoms with E-state index >= 15 is 0 Å². The predicted molar refractivity (Wildman–Crippen MR) is 131 cm³/mol. The van der Waals surface area contributed by atoms with E-state index in [0.717, 1.165) is 11.1 Å². The lowest BCUT2D eigenvalue weighted by atomic mass is 10.1. The van der Waals surface area contributed by atoms with Gasteiger partial charge in [-0.2, -0.15) is 0 Å². The molecule has 0 amide bonds. The number of hydrogen-bond donors (Lipinski definition) is 1. The van der Waals surface area contributed by atoms with Crippen molar-refractivity contribution in [1.29, 1.82) is 0 Å². The Hall–Kier alpha value is -2.89. The normalized spacial score (nSPS) is 19.8. The van der Waals surface area contributed by atoms with Gasteiger partial charge in [-0.05, 0) is 54.2 Å². The van der Waals surface area contributed by atoms with Gasteiger partial charge in [0.1, 0.15) is 11.1 Å². The fourth-order valence-electron chi connectivity index (χ4n) is 5.05. The first-order valence-corrected chi connectivity index (χ1v) is 13.5. The van der Waals surface area contributed by atoms with Crippen LogP contribution in [0, 0.1) is 5.92 Å². The Kier molecular flexibility index (Phi) is 7.96. The summed E-state index contributed by atoms with van der Waals surface area (Å²) in [5.74, 6) is -1.81. The average Bonchev–Trinajstić information content (AvgIpc) is 3.29. The van der Waals surface area contributed by atoms with E-state index in [1.807, 2.05) is 4.90 Å². The summed E-state index contributed by atoms with van der Waals surface area (Å²) >= 11 is 0. The van der Waals surface area contributed by atoms with Crippen molar-refractivity contribution in [2.75, 3.05) is 32.7 Å². The summed E-state index contributed by atoms with van der Waals surface area (Å²) in [6.07, 6.45) is -2.14. The number of halogens is 3. The largest absolute Gasteiger partial charge is 0.573 e. The predicted octanol–water partition coefficient (Wildman–Crippen LogP) is 3.53. The fraction of sp³-hybridized carbons (Fsp3) is 0.423. The first-order chi connectivity index (χ1) is 17.5. The van der Waals surface area contributed by atoms with Gasteiger partial charge in [-0.3, -0.25) is 9.69 Å². The van der Waals surface area contributed by atoms with Gasteiger partial charge in [0.15, 0.2) is 9.84 Å². The van der Waals surface area contributed by atoms with Crippen LogP contribution < -0.4 is 4.74 Å². The molecule has 0 saturated carbocycles. The first-order valence-electron chi connectivity index (χ1n) is 12.0. The minimum Gasteiger partial charge on any atom is -0.481 e. The number of carbonyl (C=O) groups is 1. The van der Waals surface area contributed by atoms with Gasteiger partial charge in [-0.25, -0.2) is 8.42 Å². The Morgan fingerprint density at radius 3 is 2.38 bits per heavy atom. The van der Waals surface area contributed by atoms with E-state index in [-0.39, 0.29) is 17.1 Å². The van der Waals surface area contributed by atoms with Gasteiger partial charge in [0.05, 0.1) is 10.8 Å². The number of sulfone groups is 1. The molecule has 200 valence electrons. The summed E-state index contributed by atoms with van der Waals surface area (Å²) in [5, 5.41) is 8.48. The second kappa shape index (κ2) is 10.8. The maximum absolute atomic E-state index is 13.7. The smallest absolute Gasteiger partial charge is 0.481 e. The lowest BCUT2D eigenvalue weighted by Gasteiger charge is -2.38. The number of hydrogen-bond acceptors (Lipinski definition) is 6. The number of rotatable bonds is 9. The Morgan fingerprint density at radius 2 is 1.78 bits per heavy atom. The van der Waals surface area contributed by atoms with Crippen LogP contribution in [0.25, 0.3) is 0 Å². The maximum atomic E-state index is 13.7. The molecule has 1 heterocycles. The van der Waals surface area contributed by atoms with E-state index in [1.165, 1.54) is 18.2 Å². The van der Waals surface area contributed by atoms with Crippen molar-refractivity contribution in [2.24, 2.45) is 5.92 Å². The van der Waals surface area contributed by atoms with Gasteiger partial charge in [0, 0.05) is 32.7 Å². The molecule has 1 fully saturated rings. The van der Waals surface area contributed by atoms with E-state index in [0.29, 0.717) is 51.1 Å². The van der Waals surface area contributed by atoms with Crippen LogP contribution in [0.1, 0.15) is 16.7 Å². The van der Waals surface area contributed by atoms with Crippen molar-refractivity contribution in [1.82, 2.24) is 9.80 Å². The summed E-state index contributed by atoms with van der Waals surface area (Å²) < 4.78 is 68.2. The topological polar surface area (TPSA) is 87.2 Å². The average molecular weight is 539 g/mol. The van der Waals surface area contributed by atoms with Gasteiger partial charge in [0.25, 0.3) is 0 Å². The number of fused-ring (bicyclic) bond motifs is 1. The molecule has 1 N–H and O–H groups in total. The highest BCUT2D eigenvalue weighted by atomic mass is 32.2. The molecule has 2 aliphatic rings. The third-order valence-corrected chi connectivity index (χ3v) is 9.08. The van der Waals surface area contributed by atoms with Crippen molar-refractivity contribution < 1.29 is 36.2 Å². The zero-order valence-electron chi connectivity index (χ0n) is 20.2. The van der Waals surface area contributed by atoms with E-state index in [2.05, 4.69) is 16.2 Å². The number of carboxylic acid groups (broad SMARTS) is 1. The summed E-state index contributed by atoms with van der Waals surface area (Å²) in [6.45, 7) is 6.72. The monoisotopic (exact) mass is 538 g/mol. The summed E-state index contributed by atoms with van der Waals surface area (Å²) in [5.41, 5.74) is 2.23. The first kappa shape index (κ1) is 27.2. The number of carboxylic acids is 1. The second-order valence-corrected chi connectivity index (χ2v) is 11.3. The molecule has 2 aromatic rings. The standard InChI is InChI=1S/C26H29F3N2O5S/c1-2-24(37(34,35)23-5-3-4-19-16-20(25(32)33)17-22(19)23)31-14-12-30(13-15-31)11-10-18-6-8-21(9-7-18)36-26(27,28)29/h2-9,20,24H,1,10-17H2,(H,32,33). The lowest BCUT2D eigenvalue weighted by Crippen LogP contribution is -2.52. The summed E-state index contributed by atoms with van der Waals surface area (Å²) in [6, 6.07) is 10.8. The molecule has 2 unspecified atom stereocenters. The van der Waals surface area contributed by atoms with Crippen LogP contribution in [0.4, 0.5) is 13.2 Å². The van der Waals surface area contributed by atoms with Crippen LogP contribution in [0.3, 0.4) is 0 Å². The number of aliphatic carboxylic acids is 1. The molecule has 0 spiro atoms. The van der Waals surface area contributed by atoms with E-state index in [4.69, 9.17) is 0 Å². The summed E-state index contributed by atoms with van der Waals surface area (Å²) in [7, 11) is -3.81. The van der Waals surface area contributed by atoms with Crippen LogP contribution in [0.2, 0.25) is 0 Å². The summed E-state index contributed by atoms with van der Waals surface area (Å²) in [4.78, 5) is 15.7. The SMILES string of the molecule is C=CC(N1CCN(CCc2ccc(OC(F)(F)F)cc2)CC1)S(=O)(=O)c1cccc2c1CC(C(=O)O)C2. The molecule has 7 nitrogen and oxygen atoms in total. The Balaban J connectivity index is 1.36. The maximum Gasteiger partial charge on any atom is 0.573 e. The molecule has 2 aromatic carbocycles. The zero-order valence-corrected chi connectivity index (χ0v) is 21.0. The quantitative estimate of drug-likeness (QED) is 0.489. The molecule has 0 radical (unpaired) electrons. The molecule has 1 aliphatic carbocycles. The van der Waals surface area contributed by atoms with Gasteiger partial charge in [0.2, 0.25) is 0 Å². The van der Waals surface area contributed by atoms with Crippen molar-refractivity contribution in [3.8, 4) is 5.75 Å². The van der Waals surface area contributed by atoms with Gasteiger partial charge >= 0.3 is 12.3 Å².